The maximum Gasteiger partial charge on any atom is -0.0438 e. The average Bonchev–Trinajstić information content (AvgIpc) is 2.66. The first-order valence-corrected chi connectivity index (χ1v) is 16.7. The molecular weight excluding hydrogens is 432 g/mol. The van der Waals surface area contributed by atoms with Crippen LogP contribution in [-0.2, 0) is 0 Å². The lowest BCUT2D eigenvalue weighted by molar-refractivity contribution is 0.285. The van der Waals surface area contributed by atoms with Gasteiger partial charge in [-0.15, -0.1) is 0 Å². The zero-order chi connectivity index (χ0) is 28.3. The summed E-state index contributed by atoms with van der Waals surface area (Å²) in [6, 6.07) is 0. The Bertz CT molecular complexity index is 407. The van der Waals surface area contributed by atoms with Gasteiger partial charge in [0.05, 0.1) is 0 Å². The summed E-state index contributed by atoms with van der Waals surface area (Å²) < 4.78 is 0. The number of hydrogen-bond donors (Lipinski definition) is 0. The van der Waals surface area contributed by atoms with E-state index >= 15 is 0 Å². The molecule has 0 saturated heterocycles. The van der Waals surface area contributed by atoms with Crippen molar-refractivity contribution in [2.45, 2.75) is 174 Å². The molecular formula is C36H76. The summed E-state index contributed by atoms with van der Waals surface area (Å²) in [5.41, 5.74) is 0. The van der Waals surface area contributed by atoms with Crippen LogP contribution in [-0.4, -0.2) is 0 Å². The van der Waals surface area contributed by atoms with Crippen LogP contribution in [0.2, 0.25) is 0 Å². The average molecular weight is 509 g/mol. The second kappa shape index (κ2) is 22.9. The minimum atomic E-state index is 0.856. The molecule has 0 nitrogen and oxygen atoms in total. The van der Waals surface area contributed by atoms with Crippen molar-refractivity contribution in [1.82, 2.24) is 0 Å². The lowest BCUT2D eigenvalue weighted by atomic mass is 9.83. The van der Waals surface area contributed by atoms with Gasteiger partial charge in [-0.05, 0) is 111 Å². The molecule has 0 aliphatic heterocycles. The minimum Gasteiger partial charge on any atom is -0.0654 e. The van der Waals surface area contributed by atoms with Gasteiger partial charge in [0.15, 0.2) is 0 Å². The third-order valence-electron chi connectivity index (χ3n) is 8.14. The van der Waals surface area contributed by atoms with E-state index in [1.165, 1.54) is 77.0 Å². The summed E-state index contributed by atoms with van der Waals surface area (Å²) in [5.74, 6) is 8.99. The molecule has 0 bridgehead atoms. The highest BCUT2D eigenvalue weighted by Gasteiger charge is 2.16. The van der Waals surface area contributed by atoms with Crippen molar-refractivity contribution in [2.24, 2.45) is 59.2 Å². The fourth-order valence-electron chi connectivity index (χ4n) is 7.53. The highest BCUT2D eigenvalue weighted by molar-refractivity contribution is 4.68. The lowest BCUT2D eigenvalue weighted by Crippen LogP contribution is -2.11. The SMILES string of the molecule is CCC[C@@H](C)C[C@@H](C)C[C@@H](C)C[C@@H](C)CC(C)C.CCC[C@@H](C)C[C@H](C)C[C@@H](C)C[C@H](C)CC(C)C. The molecule has 8 atom stereocenters. The molecule has 0 aromatic rings. The van der Waals surface area contributed by atoms with Crippen molar-refractivity contribution < 1.29 is 0 Å². The molecule has 0 unspecified atom stereocenters. The van der Waals surface area contributed by atoms with Gasteiger partial charge in [-0.25, -0.2) is 0 Å². The maximum atomic E-state index is 2.46. The van der Waals surface area contributed by atoms with Gasteiger partial charge in [0.2, 0.25) is 0 Å². The fourth-order valence-corrected chi connectivity index (χ4v) is 7.53. The first-order chi connectivity index (χ1) is 16.7. The molecule has 0 heteroatoms. The van der Waals surface area contributed by atoms with E-state index in [2.05, 4.69) is 96.9 Å². The first-order valence-electron chi connectivity index (χ1n) is 16.7. The molecule has 0 aromatic heterocycles. The molecule has 0 radical (unpaired) electrons. The summed E-state index contributed by atoms with van der Waals surface area (Å²) >= 11 is 0. The predicted molar refractivity (Wildman–Crippen MR) is 170 cm³/mol. The predicted octanol–water partition coefficient (Wildman–Crippen LogP) is 13.1. The van der Waals surface area contributed by atoms with Crippen LogP contribution in [0.4, 0.5) is 0 Å². The number of rotatable bonds is 20. The van der Waals surface area contributed by atoms with E-state index in [0.717, 1.165) is 59.2 Å². The van der Waals surface area contributed by atoms with Crippen molar-refractivity contribution in [3.63, 3.8) is 0 Å². The van der Waals surface area contributed by atoms with Crippen molar-refractivity contribution >= 4 is 0 Å². The summed E-state index contributed by atoms with van der Waals surface area (Å²) in [6.45, 7) is 33.5. The van der Waals surface area contributed by atoms with Gasteiger partial charge in [-0.2, -0.15) is 0 Å². The van der Waals surface area contributed by atoms with Crippen molar-refractivity contribution in [3.05, 3.63) is 0 Å². The standard InChI is InChI=1S/2C18H38/c2*1-8-9-15(4)11-17(6)13-18(7)12-16(5)10-14(2)3/h2*14-18H,8-13H2,1-7H3/t15-,16+,17-,18+;15-,16-,17+,18+/m11/s1. The molecule has 0 aliphatic rings. The molecule has 0 heterocycles. The van der Waals surface area contributed by atoms with Gasteiger partial charge >= 0.3 is 0 Å². The van der Waals surface area contributed by atoms with Crippen molar-refractivity contribution in [1.29, 1.82) is 0 Å². The van der Waals surface area contributed by atoms with Crippen LogP contribution in [0, 0.1) is 59.2 Å². The third-order valence-corrected chi connectivity index (χ3v) is 8.14. The summed E-state index contributed by atoms with van der Waals surface area (Å²) in [7, 11) is 0. The normalized spacial score (nSPS) is 18.7. The Hall–Kier alpha value is 0. The molecule has 0 amide bonds. The molecule has 36 heavy (non-hydrogen) atoms. The second-order valence-electron chi connectivity index (χ2n) is 15.1. The molecule has 0 aromatic carbocycles. The molecule has 220 valence electrons. The summed E-state index contributed by atoms with van der Waals surface area (Å²) in [5, 5.41) is 0. The van der Waals surface area contributed by atoms with Crippen LogP contribution >= 0.6 is 0 Å². The Morgan fingerprint density at radius 1 is 0.278 bits per heavy atom. The zero-order valence-electron chi connectivity index (χ0n) is 28.3. The van der Waals surface area contributed by atoms with Crippen molar-refractivity contribution in [3.8, 4) is 0 Å². The highest BCUT2D eigenvalue weighted by atomic mass is 14.2. The largest absolute Gasteiger partial charge is 0.0654 e. The third kappa shape index (κ3) is 25.6. The molecule has 0 spiro atoms. The van der Waals surface area contributed by atoms with E-state index in [1.54, 1.807) is 0 Å². The quantitative estimate of drug-likeness (QED) is 0.153. The Morgan fingerprint density at radius 3 is 0.667 bits per heavy atom. The molecule has 0 aliphatic carbocycles. The van der Waals surface area contributed by atoms with Gasteiger partial charge in [0.25, 0.3) is 0 Å². The van der Waals surface area contributed by atoms with Gasteiger partial charge in [-0.3, -0.25) is 0 Å². The highest BCUT2D eigenvalue weighted by Crippen LogP contribution is 2.29. The van der Waals surface area contributed by atoms with Crippen LogP contribution in [0.5, 0.6) is 0 Å². The Labute approximate surface area is 233 Å². The summed E-state index contributed by atoms with van der Waals surface area (Å²) in [4.78, 5) is 0. The van der Waals surface area contributed by atoms with Gasteiger partial charge < -0.3 is 0 Å². The smallest absolute Gasteiger partial charge is 0.0438 e. The molecule has 0 saturated carbocycles. The van der Waals surface area contributed by atoms with Gasteiger partial charge in [0.1, 0.15) is 0 Å². The topological polar surface area (TPSA) is 0 Å². The zero-order valence-corrected chi connectivity index (χ0v) is 28.3. The van der Waals surface area contributed by atoms with E-state index in [4.69, 9.17) is 0 Å². The maximum absolute atomic E-state index is 2.46. The van der Waals surface area contributed by atoms with E-state index in [9.17, 15) is 0 Å². The Morgan fingerprint density at radius 2 is 0.472 bits per heavy atom. The Kier molecular flexibility index (Phi) is 24.3. The second-order valence-corrected chi connectivity index (χ2v) is 15.1. The van der Waals surface area contributed by atoms with Crippen LogP contribution in [0.15, 0.2) is 0 Å². The first kappa shape index (κ1) is 38.1. The van der Waals surface area contributed by atoms with Crippen LogP contribution in [0.25, 0.3) is 0 Å². The lowest BCUT2D eigenvalue weighted by Gasteiger charge is -2.23. The number of hydrogen-bond acceptors (Lipinski definition) is 0. The van der Waals surface area contributed by atoms with Crippen LogP contribution in [0.1, 0.15) is 174 Å². The van der Waals surface area contributed by atoms with Crippen molar-refractivity contribution in [2.75, 3.05) is 0 Å². The Balaban J connectivity index is 0. The van der Waals surface area contributed by atoms with Gasteiger partial charge in [0, 0.05) is 0 Å². The van der Waals surface area contributed by atoms with Gasteiger partial charge in [-0.1, -0.05) is 123 Å². The van der Waals surface area contributed by atoms with E-state index in [1.807, 2.05) is 0 Å². The fraction of sp³-hybridized carbons (Fsp3) is 1.00. The van der Waals surface area contributed by atoms with E-state index in [0.29, 0.717) is 0 Å². The molecule has 0 fully saturated rings. The molecule has 0 rings (SSSR count). The summed E-state index contributed by atoms with van der Waals surface area (Å²) in [6.07, 6.45) is 16.8. The monoisotopic (exact) mass is 509 g/mol. The van der Waals surface area contributed by atoms with E-state index < -0.39 is 0 Å². The van der Waals surface area contributed by atoms with Crippen LogP contribution < -0.4 is 0 Å². The van der Waals surface area contributed by atoms with Crippen LogP contribution in [0.3, 0.4) is 0 Å². The molecule has 0 N–H and O–H groups in total. The minimum absolute atomic E-state index is 0.856. The van der Waals surface area contributed by atoms with E-state index in [-0.39, 0.29) is 0 Å².